The third kappa shape index (κ3) is 4.98. The van der Waals surface area contributed by atoms with Crippen molar-refractivity contribution >= 4 is 39.1 Å². The fraction of sp³-hybridized carbons (Fsp3) is 0.350. The van der Waals surface area contributed by atoms with Gasteiger partial charge in [-0.2, -0.15) is 23.4 Å². The summed E-state index contributed by atoms with van der Waals surface area (Å²) in [5, 5.41) is 10.7. The minimum atomic E-state index is -4.58. The van der Waals surface area contributed by atoms with Crippen LogP contribution in [0.5, 0.6) is 0 Å². The van der Waals surface area contributed by atoms with Gasteiger partial charge in [-0.3, -0.25) is 14.2 Å². The molecule has 1 N–H and O–H groups in total. The Kier molecular flexibility index (Phi) is 6.30. The Morgan fingerprint density at radius 2 is 2.06 bits per heavy atom. The molecule has 32 heavy (non-hydrogen) atoms. The number of hydrogen-bond acceptors (Lipinski definition) is 3. The number of benzene rings is 1. The number of rotatable bonds is 7. The van der Waals surface area contributed by atoms with Crippen LogP contribution in [-0.4, -0.2) is 25.5 Å². The van der Waals surface area contributed by atoms with Gasteiger partial charge in [-0.25, -0.2) is 4.39 Å². The van der Waals surface area contributed by atoms with E-state index in [9.17, 15) is 22.4 Å². The van der Waals surface area contributed by atoms with Gasteiger partial charge in [-0.1, -0.05) is 17.7 Å². The first-order chi connectivity index (χ1) is 15.1. The Morgan fingerprint density at radius 3 is 2.72 bits per heavy atom. The normalized spacial score (nSPS) is 14.1. The van der Waals surface area contributed by atoms with E-state index in [2.05, 4.69) is 31.4 Å². The summed E-state index contributed by atoms with van der Waals surface area (Å²) in [5.74, 6) is -0.858. The molecule has 1 fully saturated rings. The molecule has 2 aromatic heterocycles. The number of aromatic nitrogens is 4. The van der Waals surface area contributed by atoms with E-state index < -0.39 is 23.6 Å². The van der Waals surface area contributed by atoms with Gasteiger partial charge in [-0.15, -0.1) is 0 Å². The maximum Gasteiger partial charge on any atom is 0.436 e. The zero-order valence-electron chi connectivity index (χ0n) is 16.5. The summed E-state index contributed by atoms with van der Waals surface area (Å²) in [5.41, 5.74) is 0.141. The van der Waals surface area contributed by atoms with Crippen LogP contribution in [-0.2, 0) is 24.1 Å². The average molecular weight is 535 g/mol. The molecular weight excluding hydrogens is 518 g/mol. The van der Waals surface area contributed by atoms with E-state index in [1.54, 1.807) is 6.07 Å². The molecular formula is C20H17BrClF4N5O. The zero-order chi connectivity index (χ0) is 23.0. The third-order valence-corrected chi connectivity index (χ3v) is 6.15. The monoisotopic (exact) mass is 533 g/mol. The number of nitrogens with zero attached hydrogens (tertiary/aromatic N) is 4. The van der Waals surface area contributed by atoms with E-state index >= 15 is 0 Å². The number of amides is 1. The molecule has 0 spiro atoms. The first-order valence-electron chi connectivity index (χ1n) is 9.72. The SMILES string of the molecule is O=C(CCn1nc(C(F)(F)F)c(Br)c1C1CC1)Nc1cnn(Cc2c(F)cccc2Cl)c1. The summed E-state index contributed by atoms with van der Waals surface area (Å²) in [4.78, 5) is 12.3. The van der Waals surface area contributed by atoms with Gasteiger partial charge >= 0.3 is 6.18 Å². The van der Waals surface area contributed by atoms with Gasteiger partial charge in [0.25, 0.3) is 0 Å². The topological polar surface area (TPSA) is 64.7 Å². The smallest absolute Gasteiger partial charge is 0.323 e. The number of halogens is 6. The fourth-order valence-corrected chi connectivity index (χ4v) is 4.40. The molecule has 3 aromatic rings. The van der Waals surface area contributed by atoms with Crippen molar-refractivity contribution in [2.75, 3.05) is 5.32 Å². The highest BCUT2D eigenvalue weighted by Gasteiger charge is 2.41. The Labute approximate surface area is 193 Å². The third-order valence-electron chi connectivity index (χ3n) is 5.01. The van der Waals surface area contributed by atoms with Gasteiger partial charge in [0.15, 0.2) is 5.69 Å². The van der Waals surface area contributed by atoms with Crippen LogP contribution in [0.4, 0.5) is 23.2 Å². The number of nitrogens with one attached hydrogen (secondary N) is 1. The molecule has 6 nitrogen and oxygen atoms in total. The number of hydrogen-bond donors (Lipinski definition) is 1. The maximum absolute atomic E-state index is 13.9. The summed E-state index contributed by atoms with van der Waals surface area (Å²) >= 11 is 9.05. The lowest BCUT2D eigenvalue weighted by Crippen LogP contribution is -2.16. The molecule has 1 aliphatic rings. The molecule has 0 radical (unpaired) electrons. The van der Waals surface area contributed by atoms with Crippen molar-refractivity contribution in [3.05, 3.63) is 62.9 Å². The maximum atomic E-state index is 13.9. The largest absolute Gasteiger partial charge is 0.436 e. The van der Waals surface area contributed by atoms with Crippen molar-refractivity contribution in [3.63, 3.8) is 0 Å². The summed E-state index contributed by atoms with van der Waals surface area (Å²) in [6.45, 7) is 0.0823. The van der Waals surface area contributed by atoms with E-state index in [1.807, 2.05) is 0 Å². The molecule has 2 heterocycles. The number of aryl methyl sites for hydroxylation is 1. The lowest BCUT2D eigenvalue weighted by Gasteiger charge is -2.07. The van der Waals surface area contributed by atoms with Gasteiger partial charge in [0.05, 0.1) is 35.1 Å². The van der Waals surface area contributed by atoms with Crippen molar-refractivity contribution in [1.82, 2.24) is 19.6 Å². The van der Waals surface area contributed by atoms with Crippen LogP contribution in [0.25, 0.3) is 0 Å². The second-order valence-electron chi connectivity index (χ2n) is 7.47. The molecule has 1 aliphatic carbocycles. The molecule has 0 aliphatic heterocycles. The lowest BCUT2D eigenvalue weighted by atomic mass is 10.2. The summed E-state index contributed by atoms with van der Waals surface area (Å²) in [7, 11) is 0. The molecule has 4 rings (SSSR count). The first kappa shape index (κ1) is 22.8. The number of alkyl halides is 3. The predicted molar refractivity (Wildman–Crippen MR) is 113 cm³/mol. The van der Waals surface area contributed by atoms with E-state index in [4.69, 9.17) is 11.6 Å². The minimum Gasteiger partial charge on any atom is -0.323 e. The molecule has 0 unspecified atom stereocenters. The van der Waals surface area contributed by atoms with Crippen LogP contribution >= 0.6 is 27.5 Å². The van der Waals surface area contributed by atoms with E-state index in [0.29, 0.717) is 11.4 Å². The van der Waals surface area contributed by atoms with Gasteiger partial charge in [0.2, 0.25) is 5.91 Å². The number of carbonyl (C=O) groups excluding carboxylic acids is 1. The first-order valence-corrected chi connectivity index (χ1v) is 10.9. The quantitative estimate of drug-likeness (QED) is 0.401. The van der Waals surface area contributed by atoms with Crippen molar-refractivity contribution in [1.29, 1.82) is 0 Å². The van der Waals surface area contributed by atoms with E-state index in [1.165, 1.54) is 33.9 Å². The van der Waals surface area contributed by atoms with Gasteiger partial charge < -0.3 is 5.32 Å². The van der Waals surface area contributed by atoms with E-state index in [0.717, 1.165) is 12.8 Å². The predicted octanol–water partition coefficient (Wildman–Crippen LogP) is 5.61. The van der Waals surface area contributed by atoms with E-state index in [-0.39, 0.29) is 40.5 Å². The highest BCUT2D eigenvalue weighted by molar-refractivity contribution is 9.10. The van der Waals surface area contributed by atoms with Gasteiger partial charge in [-0.05, 0) is 40.9 Å². The number of carbonyl (C=O) groups is 1. The molecule has 1 amide bonds. The second kappa shape index (κ2) is 8.86. The van der Waals surface area contributed by atoms with Crippen LogP contribution in [0.15, 0.2) is 35.1 Å². The highest BCUT2D eigenvalue weighted by Crippen LogP contribution is 2.47. The van der Waals surface area contributed by atoms with Gasteiger partial charge in [0, 0.05) is 29.1 Å². The second-order valence-corrected chi connectivity index (χ2v) is 8.67. The van der Waals surface area contributed by atoms with Crippen LogP contribution < -0.4 is 5.32 Å². The van der Waals surface area contributed by atoms with Gasteiger partial charge in [0.1, 0.15) is 5.82 Å². The van der Waals surface area contributed by atoms with Crippen LogP contribution in [0.1, 0.15) is 42.1 Å². The standard InChI is InChI=1S/C20H17BrClF4N5O/c21-17-18(11-4-5-11)31(29-19(17)20(24,25)26)7-6-16(32)28-12-8-27-30(9-12)10-13-14(22)2-1-3-15(13)23/h1-3,8-9,11H,4-7,10H2,(H,28,32). The van der Waals surface area contributed by atoms with Crippen molar-refractivity contribution in [2.45, 2.75) is 44.4 Å². The van der Waals surface area contributed by atoms with Crippen LogP contribution in [0, 0.1) is 5.82 Å². The summed E-state index contributed by atoms with van der Waals surface area (Å²) < 4.78 is 56.1. The van der Waals surface area contributed by atoms with Crippen LogP contribution in [0.3, 0.4) is 0 Å². The highest BCUT2D eigenvalue weighted by atomic mass is 79.9. The average Bonchev–Trinajstić information content (AvgIpc) is 3.35. The molecule has 0 bridgehead atoms. The minimum absolute atomic E-state index is 0.00528. The molecule has 12 heteroatoms. The lowest BCUT2D eigenvalue weighted by molar-refractivity contribution is -0.142. The molecule has 170 valence electrons. The Morgan fingerprint density at radius 1 is 1.31 bits per heavy atom. The van der Waals surface area contributed by atoms with Crippen LogP contribution in [0.2, 0.25) is 5.02 Å². The zero-order valence-corrected chi connectivity index (χ0v) is 18.8. The summed E-state index contributed by atoms with van der Waals surface area (Å²) in [6, 6.07) is 4.36. The Hall–Kier alpha value is -2.40. The number of anilines is 1. The Bertz CT molecular complexity index is 1140. The molecule has 1 saturated carbocycles. The van der Waals surface area contributed by atoms with Crippen molar-refractivity contribution in [2.24, 2.45) is 0 Å². The fourth-order valence-electron chi connectivity index (χ4n) is 3.34. The summed E-state index contributed by atoms with van der Waals surface area (Å²) in [6.07, 6.45) is -0.157. The molecule has 0 saturated heterocycles. The Balaban J connectivity index is 1.39. The van der Waals surface area contributed by atoms with Crippen molar-refractivity contribution in [3.8, 4) is 0 Å². The van der Waals surface area contributed by atoms with Crippen molar-refractivity contribution < 1.29 is 22.4 Å². The molecule has 0 atom stereocenters. The molecule has 1 aromatic carbocycles.